The van der Waals surface area contributed by atoms with E-state index in [9.17, 15) is 4.79 Å². The molecule has 1 amide bonds. The third kappa shape index (κ3) is 6.74. The van der Waals surface area contributed by atoms with E-state index >= 15 is 0 Å². The normalized spacial score (nSPS) is 25.4. The predicted molar refractivity (Wildman–Crippen MR) is 110 cm³/mol. The van der Waals surface area contributed by atoms with Gasteiger partial charge < -0.3 is 20.9 Å². The molecule has 2 saturated heterocycles. The van der Waals surface area contributed by atoms with Crippen LogP contribution in [0.3, 0.4) is 0 Å². The van der Waals surface area contributed by atoms with Crippen molar-refractivity contribution in [3.8, 4) is 0 Å². The first-order chi connectivity index (χ1) is 11.1. The van der Waals surface area contributed by atoms with Crippen molar-refractivity contribution >= 4 is 35.8 Å². The molecule has 2 aliphatic heterocycles. The summed E-state index contributed by atoms with van der Waals surface area (Å²) >= 11 is 0. The number of guanidine groups is 1. The van der Waals surface area contributed by atoms with E-state index in [0.717, 1.165) is 51.5 Å². The minimum absolute atomic E-state index is 0. The number of amides is 1. The van der Waals surface area contributed by atoms with E-state index in [-0.39, 0.29) is 29.9 Å². The minimum Gasteiger partial charge on any atom is -0.370 e. The van der Waals surface area contributed by atoms with E-state index < -0.39 is 0 Å². The molecule has 2 unspecified atom stereocenters. The molecule has 2 heterocycles. The Morgan fingerprint density at radius 1 is 1.21 bits per heavy atom. The molecular weight excluding hydrogens is 417 g/mol. The maximum Gasteiger partial charge on any atom is 0.217 e. The molecule has 2 aliphatic rings. The van der Waals surface area contributed by atoms with Gasteiger partial charge in [-0.05, 0) is 51.1 Å². The van der Waals surface area contributed by atoms with Gasteiger partial charge in [0, 0.05) is 39.1 Å². The van der Waals surface area contributed by atoms with Gasteiger partial charge in [0.15, 0.2) is 5.96 Å². The van der Waals surface area contributed by atoms with Crippen LogP contribution in [0.15, 0.2) is 4.99 Å². The number of nitrogens with one attached hydrogen (secondary N) is 1. The molecular formula is C17H34IN5O. The summed E-state index contributed by atoms with van der Waals surface area (Å²) in [5.74, 6) is 1.86. The Labute approximate surface area is 163 Å². The van der Waals surface area contributed by atoms with Crippen molar-refractivity contribution in [3.63, 3.8) is 0 Å². The maximum absolute atomic E-state index is 11.2. The Bertz CT molecular complexity index is 418. The van der Waals surface area contributed by atoms with Gasteiger partial charge in [0.1, 0.15) is 0 Å². The second-order valence-corrected chi connectivity index (χ2v) is 6.87. The van der Waals surface area contributed by atoms with Gasteiger partial charge in [0.25, 0.3) is 0 Å². The number of nitrogens with zero attached hydrogens (tertiary/aromatic N) is 3. The van der Waals surface area contributed by atoms with Gasteiger partial charge in [-0.2, -0.15) is 0 Å². The van der Waals surface area contributed by atoms with Crippen molar-refractivity contribution in [2.24, 2.45) is 22.6 Å². The van der Waals surface area contributed by atoms with E-state index in [0.29, 0.717) is 18.3 Å². The number of carbonyl (C=O) groups excluding carboxylic acids is 1. The number of hydrogen-bond acceptors (Lipinski definition) is 3. The number of rotatable bonds is 6. The summed E-state index contributed by atoms with van der Waals surface area (Å²) < 4.78 is 0. The molecule has 2 rings (SSSR count). The van der Waals surface area contributed by atoms with Crippen LogP contribution in [0.5, 0.6) is 0 Å². The van der Waals surface area contributed by atoms with Crippen molar-refractivity contribution in [3.05, 3.63) is 0 Å². The largest absolute Gasteiger partial charge is 0.370 e. The first-order valence-electron chi connectivity index (χ1n) is 9.16. The fourth-order valence-electron chi connectivity index (χ4n) is 3.70. The lowest BCUT2D eigenvalue weighted by atomic mass is 9.95. The number of hydrogen-bond donors (Lipinski definition) is 2. The number of nitrogens with two attached hydrogens (primary N) is 1. The van der Waals surface area contributed by atoms with Crippen LogP contribution >= 0.6 is 24.0 Å². The Hall–Kier alpha value is -0.570. The van der Waals surface area contributed by atoms with Crippen LogP contribution in [0, 0.1) is 11.8 Å². The molecule has 7 heteroatoms. The minimum atomic E-state index is -0.190. The van der Waals surface area contributed by atoms with Crippen molar-refractivity contribution in [2.45, 2.75) is 39.5 Å². The van der Waals surface area contributed by atoms with Crippen LogP contribution in [-0.4, -0.2) is 67.5 Å². The van der Waals surface area contributed by atoms with Gasteiger partial charge in [-0.3, -0.25) is 9.79 Å². The summed E-state index contributed by atoms with van der Waals surface area (Å²) in [7, 11) is 0. The highest BCUT2D eigenvalue weighted by molar-refractivity contribution is 14.0. The first kappa shape index (κ1) is 21.5. The van der Waals surface area contributed by atoms with E-state index in [4.69, 9.17) is 10.7 Å². The van der Waals surface area contributed by atoms with Gasteiger partial charge in [0.05, 0.1) is 0 Å². The van der Waals surface area contributed by atoms with E-state index in [1.165, 1.54) is 19.5 Å². The number of aliphatic imine (C=N–C) groups is 1. The zero-order valence-electron chi connectivity index (χ0n) is 15.2. The smallest absolute Gasteiger partial charge is 0.217 e. The molecule has 0 aliphatic carbocycles. The van der Waals surface area contributed by atoms with Crippen LogP contribution in [0.1, 0.15) is 39.5 Å². The van der Waals surface area contributed by atoms with Gasteiger partial charge in [-0.1, -0.05) is 6.92 Å². The lowest BCUT2D eigenvalue weighted by molar-refractivity contribution is -0.119. The van der Waals surface area contributed by atoms with Gasteiger partial charge in [-0.15, -0.1) is 24.0 Å². The van der Waals surface area contributed by atoms with Crippen LogP contribution in [0.4, 0.5) is 0 Å². The molecule has 0 saturated carbocycles. The quantitative estimate of drug-likeness (QED) is 0.365. The molecule has 3 N–H and O–H groups in total. The zero-order chi connectivity index (χ0) is 16.7. The molecule has 0 aromatic heterocycles. The van der Waals surface area contributed by atoms with Crippen LogP contribution in [0.2, 0.25) is 0 Å². The number of likely N-dealkylation sites (tertiary alicyclic amines) is 2. The topological polar surface area (TPSA) is 74.0 Å². The summed E-state index contributed by atoms with van der Waals surface area (Å²) in [6, 6.07) is 0. The van der Waals surface area contributed by atoms with Crippen molar-refractivity contribution in [1.29, 1.82) is 0 Å². The second-order valence-electron chi connectivity index (χ2n) is 6.87. The summed E-state index contributed by atoms with van der Waals surface area (Å²) in [4.78, 5) is 20.9. The lowest BCUT2D eigenvalue weighted by Gasteiger charge is -2.34. The van der Waals surface area contributed by atoms with Crippen LogP contribution < -0.4 is 11.1 Å². The summed E-state index contributed by atoms with van der Waals surface area (Å²) in [6.45, 7) is 11.5. The number of carbonyl (C=O) groups is 1. The molecule has 0 radical (unpaired) electrons. The Balaban J connectivity index is 0.00000288. The van der Waals surface area contributed by atoms with E-state index in [2.05, 4.69) is 29.0 Å². The number of halogens is 1. The SMILES string of the molecule is CCNC(=NCC1CCN(CC)C1)N1CCCC(CC(N)=O)C1.I. The van der Waals surface area contributed by atoms with Crippen LogP contribution in [-0.2, 0) is 4.79 Å². The lowest BCUT2D eigenvalue weighted by Crippen LogP contribution is -2.47. The average Bonchev–Trinajstić information content (AvgIpc) is 2.99. The Morgan fingerprint density at radius 3 is 2.62 bits per heavy atom. The van der Waals surface area contributed by atoms with Gasteiger partial charge >= 0.3 is 0 Å². The second kappa shape index (κ2) is 11.1. The molecule has 2 atom stereocenters. The standard InChI is InChI=1S/C17H33N5O.HI/c1-3-19-17(20-11-15-7-9-21(4-2)12-15)22-8-5-6-14(13-22)10-16(18)23;/h14-15H,3-13H2,1-2H3,(H2,18,23)(H,19,20);1H. The van der Waals surface area contributed by atoms with Crippen molar-refractivity contribution < 1.29 is 4.79 Å². The highest BCUT2D eigenvalue weighted by Crippen LogP contribution is 2.20. The molecule has 2 fully saturated rings. The number of piperidine rings is 1. The van der Waals surface area contributed by atoms with Gasteiger partial charge in [0.2, 0.25) is 5.91 Å². The molecule has 24 heavy (non-hydrogen) atoms. The Kier molecular flexibility index (Phi) is 9.95. The zero-order valence-corrected chi connectivity index (χ0v) is 17.5. The highest BCUT2D eigenvalue weighted by Gasteiger charge is 2.25. The molecule has 0 spiro atoms. The molecule has 0 aromatic rings. The number of primary amides is 1. The fraction of sp³-hybridized carbons (Fsp3) is 0.882. The van der Waals surface area contributed by atoms with Crippen molar-refractivity contribution in [2.75, 3.05) is 45.8 Å². The summed E-state index contributed by atoms with van der Waals surface area (Å²) in [5.41, 5.74) is 5.36. The molecule has 0 bridgehead atoms. The maximum atomic E-state index is 11.2. The molecule has 140 valence electrons. The monoisotopic (exact) mass is 451 g/mol. The Morgan fingerprint density at radius 2 is 2.00 bits per heavy atom. The highest BCUT2D eigenvalue weighted by atomic mass is 127. The summed E-state index contributed by atoms with van der Waals surface area (Å²) in [6.07, 6.45) is 3.94. The third-order valence-corrected chi connectivity index (χ3v) is 4.96. The van der Waals surface area contributed by atoms with E-state index in [1.807, 2.05) is 0 Å². The van der Waals surface area contributed by atoms with Gasteiger partial charge in [-0.25, -0.2) is 0 Å². The van der Waals surface area contributed by atoms with Crippen molar-refractivity contribution in [1.82, 2.24) is 15.1 Å². The predicted octanol–water partition coefficient (Wildman–Crippen LogP) is 1.50. The first-order valence-corrected chi connectivity index (χ1v) is 9.16. The molecule has 0 aromatic carbocycles. The fourth-order valence-corrected chi connectivity index (χ4v) is 3.70. The third-order valence-electron chi connectivity index (χ3n) is 4.96. The summed E-state index contributed by atoms with van der Waals surface area (Å²) in [5, 5.41) is 3.42. The van der Waals surface area contributed by atoms with Crippen LogP contribution in [0.25, 0.3) is 0 Å². The molecule has 6 nitrogen and oxygen atoms in total. The average molecular weight is 451 g/mol. The van der Waals surface area contributed by atoms with E-state index in [1.54, 1.807) is 0 Å².